The molecule has 2 aliphatic rings. The summed E-state index contributed by atoms with van der Waals surface area (Å²) < 4.78 is 5.49. The number of hydrogen-bond donors (Lipinski definition) is 1. The van der Waals surface area contributed by atoms with E-state index >= 15 is 0 Å². The molecule has 3 nitrogen and oxygen atoms in total. The van der Waals surface area contributed by atoms with Gasteiger partial charge < -0.3 is 9.84 Å². The van der Waals surface area contributed by atoms with E-state index in [0.717, 1.165) is 25.7 Å². The van der Waals surface area contributed by atoms with Gasteiger partial charge in [-0.15, -0.1) is 0 Å². The van der Waals surface area contributed by atoms with E-state index in [0.29, 0.717) is 12.7 Å². The molecule has 3 heteroatoms. The highest BCUT2D eigenvalue weighted by atomic mass is 16.5. The fourth-order valence-corrected chi connectivity index (χ4v) is 1.39. The van der Waals surface area contributed by atoms with Crippen LogP contribution in [0, 0.1) is 5.41 Å². The van der Waals surface area contributed by atoms with E-state index in [-0.39, 0.29) is 0 Å². The SMILES string of the molecule is O=C(O)C1(COC2CCC2)CC1. The van der Waals surface area contributed by atoms with Gasteiger partial charge in [0, 0.05) is 0 Å². The minimum Gasteiger partial charge on any atom is -0.481 e. The van der Waals surface area contributed by atoms with Crippen molar-refractivity contribution >= 4 is 5.97 Å². The van der Waals surface area contributed by atoms with Gasteiger partial charge in [0.05, 0.1) is 18.1 Å². The summed E-state index contributed by atoms with van der Waals surface area (Å²) in [5, 5.41) is 8.83. The van der Waals surface area contributed by atoms with Crippen molar-refractivity contribution < 1.29 is 14.6 Å². The molecule has 2 saturated carbocycles. The summed E-state index contributed by atoms with van der Waals surface area (Å²) in [6.45, 7) is 0.438. The summed E-state index contributed by atoms with van der Waals surface area (Å²) in [6, 6.07) is 0. The topological polar surface area (TPSA) is 46.5 Å². The van der Waals surface area contributed by atoms with Crippen LogP contribution in [0.15, 0.2) is 0 Å². The van der Waals surface area contributed by atoms with Gasteiger partial charge in [-0.25, -0.2) is 0 Å². The zero-order valence-corrected chi connectivity index (χ0v) is 7.08. The minimum absolute atomic E-state index is 0.363. The van der Waals surface area contributed by atoms with Gasteiger partial charge in [0.2, 0.25) is 0 Å². The standard InChI is InChI=1S/C9H14O3/c10-8(11)9(4-5-9)6-12-7-2-1-3-7/h7H,1-6H2,(H,10,11). The summed E-state index contributed by atoms with van der Waals surface area (Å²) in [5.41, 5.74) is -0.490. The van der Waals surface area contributed by atoms with Crippen LogP contribution in [0.1, 0.15) is 32.1 Å². The van der Waals surface area contributed by atoms with E-state index in [9.17, 15) is 4.79 Å². The average molecular weight is 170 g/mol. The Kier molecular flexibility index (Phi) is 1.83. The third kappa shape index (κ3) is 1.33. The van der Waals surface area contributed by atoms with E-state index in [1.807, 2.05) is 0 Å². The highest BCUT2D eigenvalue weighted by Gasteiger charge is 2.51. The summed E-state index contributed by atoms with van der Waals surface area (Å²) in [5.74, 6) is -0.679. The van der Waals surface area contributed by atoms with Crippen LogP contribution in [0.25, 0.3) is 0 Å². The number of aliphatic carboxylic acids is 1. The number of carbonyl (C=O) groups is 1. The summed E-state index contributed by atoms with van der Waals surface area (Å²) in [6.07, 6.45) is 5.45. The van der Waals surface area contributed by atoms with Crippen LogP contribution in [0.4, 0.5) is 0 Å². The minimum atomic E-state index is -0.679. The molecular formula is C9H14O3. The quantitative estimate of drug-likeness (QED) is 0.694. The first-order valence-corrected chi connectivity index (χ1v) is 4.58. The molecule has 2 rings (SSSR count). The van der Waals surface area contributed by atoms with Crippen molar-refractivity contribution in [1.29, 1.82) is 0 Å². The second kappa shape index (κ2) is 2.73. The maximum Gasteiger partial charge on any atom is 0.311 e. The van der Waals surface area contributed by atoms with Crippen LogP contribution in [-0.4, -0.2) is 23.8 Å². The van der Waals surface area contributed by atoms with Crippen molar-refractivity contribution in [2.75, 3.05) is 6.61 Å². The molecule has 0 heterocycles. The Morgan fingerprint density at radius 1 is 1.50 bits per heavy atom. The van der Waals surface area contributed by atoms with Gasteiger partial charge in [0.25, 0.3) is 0 Å². The summed E-state index contributed by atoms with van der Waals surface area (Å²) in [4.78, 5) is 10.7. The van der Waals surface area contributed by atoms with Crippen molar-refractivity contribution in [1.82, 2.24) is 0 Å². The molecule has 68 valence electrons. The number of ether oxygens (including phenoxy) is 1. The summed E-state index contributed by atoms with van der Waals surface area (Å²) in [7, 11) is 0. The molecule has 2 fully saturated rings. The van der Waals surface area contributed by atoms with Gasteiger partial charge in [0.15, 0.2) is 0 Å². The lowest BCUT2D eigenvalue weighted by molar-refractivity contribution is -0.147. The predicted octanol–water partition coefficient (Wildman–Crippen LogP) is 1.42. The molecule has 2 aliphatic carbocycles. The number of carboxylic acids is 1. The van der Waals surface area contributed by atoms with Gasteiger partial charge >= 0.3 is 5.97 Å². The third-order valence-electron chi connectivity index (χ3n) is 2.95. The zero-order valence-electron chi connectivity index (χ0n) is 7.08. The highest BCUT2D eigenvalue weighted by Crippen LogP contribution is 2.46. The number of carboxylic acid groups (broad SMARTS) is 1. The first-order chi connectivity index (χ1) is 5.73. The lowest BCUT2D eigenvalue weighted by Gasteiger charge is -2.26. The van der Waals surface area contributed by atoms with E-state index in [2.05, 4.69) is 0 Å². The van der Waals surface area contributed by atoms with Gasteiger partial charge in [-0.05, 0) is 32.1 Å². The zero-order chi connectivity index (χ0) is 8.60. The lowest BCUT2D eigenvalue weighted by atomic mass is 9.96. The molecule has 0 aromatic heterocycles. The highest BCUT2D eigenvalue weighted by molar-refractivity contribution is 5.77. The second-order valence-corrected chi connectivity index (χ2v) is 3.95. The largest absolute Gasteiger partial charge is 0.481 e. The van der Waals surface area contributed by atoms with Crippen molar-refractivity contribution in [2.24, 2.45) is 5.41 Å². The van der Waals surface area contributed by atoms with Crippen LogP contribution in [0.5, 0.6) is 0 Å². The molecule has 0 aromatic rings. The molecule has 1 N–H and O–H groups in total. The first-order valence-electron chi connectivity index (χ1n) is 4.58. The van der Waals surface area contributed by atoms with Crippen molar-refractivity contribution in [3.05, 3.63) is 0 Å². The second-order valence-electron chi connectivity index (χ2n) is 3.95. The van der Waals surface area contributed by atoms with Crippen LogP contribution in [0.2, 0.25) is 0 Å². The molecule has 0 radical (unpaired) electrons. The molecule has 0 atom stereocenters. The molecule has 0 aromatic carbocycles. The van der Waals surface area contributed by atoms with E-state index in [1.165, 1.54) is 6.42 Å². The van der Waals surface area contributed by atoms with E-state index in [4.69, 9.17) is 9.84 Å². The van der Waals surface area contributed by atoms with Crippen molar-refractivity contribution in [3.63, 3.8) is 0 Å². The molecular weight excluding hydrogens is 156 g/mol. The van der Waals surface area contributed by atoms with Crippen molar-refractivity contribution in [2.45, 2.75) is 38.2 Å². The third-order valence-corrected chi connectivity index (χ3v) is 2.95. The molecule has 12 heavy (non-hydrogen) atoms. The Balaban J connectivity index is 1.74. The van der Waals surface area contributed by atoms with Crippen LogP contribution in [-0.2, 0) is 9.53 Å². The molecule has 0 spiro atoms. The Morgan fingerprint density at radius 2 is 2.17 bits per heavy atom. The fourth-order valence-electron chi connectivity index (χ4n) is 1.39. The monoisotopic (exact) mass is 170 g/mol. The maximum atomic E-state index is 10.7. The van der Waals surface area contributed by atoms with Crippen LogP contribution in [0.3, 0.4) is 0 Å². The van der Waals surface area contributed by atoms with Gasteiger partial charge in [-0.2, -0.15) is 0 Å². The molecule has 0 aliphatic heterocycles. The molecule has 0 bridgehead atoms. The Hall–Kier alpha value is -0.570. The fraction of sp³-hybridized carbons (Fsp3) is 0.889. The van der Waals surface area contributed by atoms with Gasteiger partial charge in [-0.1, -0.05) is 0 Å². The molecule has 0 unspecified atom stereocenters. The lowest BCUT2D eigenvalue weighted by Crippen LogP contribution is -2.28. The van der Waals surface area contributed by atoms with Gasteiger partial charge in [0.1, 0.15) is 0 Å². The summed E-state index contributed by atoms with van der Waals surface area (Å²) >= 11 is 0. The van der Waals surface area contributed by atoms with Crippen LogP contribution < -0.4 is 0 Å². The van der Waals surface area contributed by atoms with E-state index < -0.39 is 11.4 Å². The molecule has 0 amide bonds. The smallest absolute Gasteiger partial charge is 0.311 e. The first kappa shape index (κ1) is 8.05. The maximum absolute atomic E-state index is 10.7. The van der Waals surface area contributed by atoms with Crippen molar-refractivity contribution in [3.8, 4) is 0 Å². The predicted molar refractivity (Wildman–Crippen MR) is 42.9 cm³/mol. The normalized spacial score (nSPS) is 26.3. The molecule has 0 saturated heterocycles. The average Bonchev–Trinajstić information content (AvgIpc) is 2.65. The Labute approximate surface area is 71.7 Å². The van der Waals surface area contributed by atoms with E-state index in [1.54, 1.807) is 0 Å². The number of hydrogen-bond acceptors (Lipinski definition) is 2. The Bertz CT molecular complexity index is 192. The Morgan fingerprint density at radius 3 is 2.50 bits per heavy atom. The van der Waals surface area contributed by atoms with Crippen LogP contribution >= 0.6 is 0 Å². The number of rotatable bonds is 4. The van der Waals surface area contributed by atoms with Gasteiger partial charge in [-0.3, -0.25) is 4.79 Å².